The van der Waals surface area contributed by atoms with Crippen LogP contribution in [0.1, 0.15) is 29.2 Å². The van der Waals surface area contributed by atoms with Crippen molar-refractivity contribution in [3.8, 4) is 0 Å². The highest BCUT2D eigenvalue weighted by Gasteiger charge is 2.19. The van der Waals surface area contributed by atoms with Gasteiger partial charge in [-0.2, -0.15) is 0 Å². The first-order chi connectivity index (χ1) is 12.5. The van der Waals surface area contributed by atoms with E-state index < -0.39 is 10.0 Å². The van der Waals surface area contributed by atoms with Crippen LogP contribution < -0.4 is 4.72 Å². The Labute approximate surface area is 152 Å². The van der Waals surface area contributed by atoms with Gasteiger partial charge >= 0.3 is 0 Å². The number of aryl methyl sites for hydroxylation is 1. The van der Waals surface area contributed by atoms with Crippen molar-refractivity contribution in [2.75, 3.05) is 6.54 Å². The molecule has 0 fully saturated rings. The highest BCUT2D eigenvalue weighted by molar-refractivity contribution is 7.89. The quantitative estimate of drug-likeness (QED) is 0.674. The molecule has 0 unspecified atom stereocenters. The first-order valence-electron chi connectivity index (χ1n) is 8.31. The summed E-state index contributed by atoms with van der Waals surface area (Å²) in [6.45, 7) is 2.14. The Bertz CT molecular complexity index is 934. The first kappa shape index (κ1) is 18.4. The Hall–Kier alpha value is -2.44. The van der Waals surface area contributed by atoms with Gasteiger partial charge in [0.05, 0.1) is 11.2 Å². The molecule has 2 aromatic carbocycles. The van der Waals surface area contributed by atoms with Crippen LogP contribution >= 0.6 is 0 Å². The van der Waals surface area contributed by atoms with Crippen molar-refractivity contribution in [2.24, 2.45) is 0 Å². The standard InChI is InChI=1S/C20H20FNO3S/c1-15-4-10-18(11-5-15)26(23,24)22-13-12-19(20-3-2-14-25-20)16-6-8-17(21)9-7-16/h2-11,14,19,22H,12-13H2,1H3/t19-/m0/s1. The molecule has 1 heterocycles. The monoisotopic (exact) mass is 373 g/mol. The fourth-order valence-electron chi connectivity index (χ4n) is 2.80. The zero-order valence-corrected chi connectivity index (χ0v) is 15.2. The lowest BCUT2D eigenvalue weighted by Crippen LogP contribution is -2.26. The van der Waals surface area contributed by atoms with Crippen LogP contribution in [0.2, 0.25) is 0 Å². The molecule has 0 aliphatic heterocycles. The number of hydrogen-bond acceptors (Lipinski definition) is 3. The van der Waals surface area contributed by atoms with Gasteiger partial charge in [-0.25, -0.2) is 17.5 Å². The minimum atomic E-state index is -3.57. The van der Waals surface area contributed by atoms with Gasteiger partial charge in [-0.05, 0) is 55.3 Å². The number of benzene rings is 2. The van der Waals surface area contributed by atoms with Crippen LogP contribution in [0.25, 0.3) is 0 Å². The molecule has 3 rings (SSSR count). The van der Waals surface area contributed by atoms with Crippen molar-refractivity contribution in [2.45, 2.75) is 24.2 Å². The second-order valence-electron chi connectivity index (χ2n) is 6.12. The summed E-state index contributed by atoms with van der Waals surface area (Å²) in [6, 6.07) is 16.5. The van der Waals surface area contributed by atoms with Crippen LogP contribution in [0.5, 0.6) is 0 Å². The average Bonchev–Trinajstić information content (AvgIpc) is 3.14. The summed E-state index contributed by atoms with van der Waals surface area (Å²) in [4.78, 5) is 0.236. The van der Waals surface area contributed by atoms with Gasteiger partial charge in [-0.1, -0.05) is 29.8 Å². The smallest absolute Gasteiger partial charge is 0.240 e. The number of rotatable bonds is 7. The average molecular weight is 373 g/mol. The highest BCUT2D eigenvalue weighted by Crippen LogP contribution is 2.28. The molecule has 0 radical (unpaired) electrons. The molecular weight excluding hydrogens is 353 g/mol. The predicted octanol–water partition coefficient (Wildman–Crippen LogP) is 4.23. The molecule has 0 aliphatic rings. The summed E-state index contributed by atoms with van der Waals surface area (Å²) in [7, 11) is -3.57. The molecule has 6 heteroatoms. The van der Waals surface area contributed by atoms with Crippen molar-refractivity contribution < 1.29 is 17.2 Å². The van der Waals surface area contributed by atoms with Gasteiger partial charge in [0.1, 0.15) is 11.6 Å². The van der Waals surface area contributed by atoms with Gasteiger partial charge in [0, 0.05) is 12.5 Å². The van der Waals surface area contributed by atoms with Gasteiger partial charge < -0.3 is 4.42 Å². The maximum atomic E-state index is 13.2. The Kier molecular flexibility index (Phi) is 5.54. The highest BCUT2D eigenvalue weighted by atomic mass is 32.2. The zero-order valence-electron chi connectivity index (χ0n) is 14.4. The normalized spacial score (nSPS) is 12.8. The summed E-state index contributed by atoms with van der Waals surface area (Å²) < 4.78 is 46.1. The van der Waals surface area contributed by atoms with Crippen molar-refractivity contribution in [3.63, 3.8) is 0 Å². The van der Waals surface area contributed by atoms with Crippen molar-refractivity contribution in [3.05, 3.63) is 89.6 Å². The number of halogens is 1. The molecular formula is C20H20FNO3S. The second kappa shape index (κ2) is 7.85. The fourth-order valence-corrected chi connectivity index (χ4v) is 3.84. The lowest BCUT2D eigenvalue weighted by molar-refractivity contribution is 0.472. The molecule has 0 saturated heterocycles. The van der Waals surface area contributed by atoms with E-state index >= 15 is 0 Å². The van der Waals surface area contributed by atoms with E-state index in [1.807, 2.05) is 13.0 Å². The molecule has 4 nitrogen and oxygen atoms in total. The van der Waals surface area contributed by atoms with Gasteiger partial charge in [0.25, 0.3) is 0 Å². The summed E-state index contributed by atoms with van der Waals surface area (Å²) in [6.07, 6.45) is 2.06. The summed E-state index contributed by atoms with van der Waals surface area (Å²) >= 11 is 0. The molecule has 0 bridgehead atoms. The van der Waals surface area contributed by atoms with Crippen LogP contribution in [0.3, 0.4) is 0 Å². The first-order valence-corrected chi connectivity index (χ1v) is 9.79. The zero-order chi connectivity index (χ0) is 18.6. The van der Waals surface area contributed by atoms with E-state index in [1.165, 1.54) is 12.1 Å². The number of furan rings is 1. The molecule has 0 spiro atoms. The van der Waals surface area contributed by atoms with E-state index in [0.29, 0.717) is 12.2 Å². The molecule has 136 valence electrons. The maximum Gasteiger partial charge on any atom is 0.240 e. The van der Waals surface area contributed by atoms with Crippen LogP contribution in [0.4, 0.5) is 4.39 Å². The van der Waals surface area contributed by atoms with E-state index in [0.717, 1.165) is 11.1 Å². The van der Waals surface area contributed by atoms with Crippen molar-refractivity contribution in [1.29, 1.82) is 0 Å². The summed E-state index contributed by atoms with van der Waals surface area (Å²) in [5.74, 6) is 0.240. The molecule has 1 aromatic heterocycles. The predicted molar refractivity (Wildman–Crippen MR) is 97.9 cm³/mol. The molecule has 0 saturated carbocycles. The molecule has 1 atom stereocenters. The van der Waals surface area contributed by atoms with E-state index in [-0.39, 0.29) is 23.2 Å². The second-order valence-corrected chi connectivity index (χ2v) is 7.89. The topological polar surface area (TPSA) is 59.3 Å². The molecule has 1 N–H and O–H groups in total. The van der Waals surface area contributed by atoms with Crippen LogP contribution in [-0.4, -0.2) is 15.0 Å². The minimum absolute atomic E-state index is 0.161. The van der Waals surface area contributed by atoms with Gasteiger partial charge in [0.2, 0.25) is 10.0 Å². The summed E-state index contributed by atoms with van der Waals surface area (Å²) in [5, 5.41) is 0. The van der Waals surface area contributed by atoms with Gasteiger partial charge in [0.15, 0.2) is 0 Å². The van der Waals surface area contributed by atoms with Gasteiger partial charge in [-0.15, -0.1) is 0 Å². The van der Waals surface area contributed by atoms with Crippen LogP contribution in [0.15, 0.2) is 76.2 Å². The minimum Gasteiger partial charge on any atom is -0.469 e. The molecule has 26 heavy (non-hydrogen) atoms. The maximum absolute atomic E-state index is 13.2. The third-order valence-electron chi connectivity index (χ3n) is 4.22. The molecule has 3 aromatic rings. The SMILES string of the molecule is Cc1ccc(S(=O)(=O)NCC[C@@H](c2ccc(F)cc2)c2ccco2)cc1. The largest absolute Gasteiger partial charge is 0.469 e. The third kappa shape index (κ3) is 4.39. The Morgan fingerprint density at radius 1 is 1.04 bits per heavy atom. The van der Waals surface area contributed by atoms with Crippen molar-refractivity contribution >= 4 is 10.0 Å². The van der Waals surface area contributed by atoms with E-state index in [4.69, 9.17) is 4.42 Å². The molecule has 0 amide bonds. The Morgan fingerprint density at radius 2 is 1.73 bits per heavy atom. The Morgan fingerprint density at radius 3 is 2.35 bits per heavy atom. The van der Waals surface area contributed by atoms with Crippen molar-refractivity contribution in [1.82, 2.24) is 4.72 Å². The van der Waals surface area contributed by atoms with E-state index in [1.54, 1.807) is 48.7 Å². The number of sulfonamides is 1. The van der Waals surface area contributed by atoms with Gasteiger partial charge in [-0.3, -0.25) is 0 Å². The fraction of sp³-hybridized carbons (Fsp3) is 0.200. The van der Waals surface area contributed by atoms with Crippen LogP contribution in [0, 0.1) is 12.7 Å². The van der Waals surface area contributed by atoms with E-state index in [9.17, 15) is 12.8 Å². The third-order valence-corrected chi connectivity index (χ3v) is 5.69. The lowest BCUT2D eigenvalue weighted by atomic mass is 9.93. The Balaban J connectivity index is 1.72. The number of nitrogens with one attached hydrogen (secondary N) is 1. The van der Waals surface area contributed by atoms with Crippen LogP contribution in [-0.2, 0) is 10.0 Å². The lowest BCUT2D eigenvalue weighted by Gasteiger charge is -2.16. The van der Waals surface area contributed by atoms with E-state index in [2.05, 4.69) is 4.72 Å². The number of hydrogen-bond donors (Lipinski definition) is 1. The molecule has 0 aliphatic carbocycles. The summed E-state index contributed by atoms with van der Waals surface area (Å²) in [5.41, 5.74) is 1.87.